The molecule has 0 heterocycles. The molecule has 245 valence electrons. The van der Waals surface area contributed by atoms with Gasteiger partial charge in [-0.05, 0) is 0 Å². The van der Waals surface area contributed by atoms with Crippen LogP contribution in [0.3, 0.4) is 0 Å². The van der Waals surface area contributed by atoms with Crippen molar-refractivity contribution in [3.05, 3.63) is 190 Å². The van der Waals surface area contributed by atoms with E-state index in [2.05, 4.69) is 185 Å². The van der Waals surface area contributed by atoms with Crippen LogP contribution in [-0.2, 0) is 33.8 Å². The Morgan fingerprint density at radius 3 is 1.22 bits per heavy atom. The molecule has 0 saturated carbocycles. The van der Waals surface area contributed by atoms with Gasteiger partial charge in [0.15, 0.2) is 0 Å². The van der Waals surface area contributed by atoms with E-state index < -0.39 is 26.8 Å². The zero-order chi connectivity index (χ0) is 34.2. The molecule has 2 unspecified atom stereocenters. The van der Waals surface area contributed by atoms with Crippen LogP contribution in [0.1, 0.15) is 65.6 Å². The summed E-state index contributed by atoms with van der Waals surface area (Å²) in [6.45, 7) is 9.94. The van der Waals surface area contributed by atoms with Crippen molar-refractivity contribution < 1.29 is 20.9 Å². The monoisotopic (exact) mass is 739 g/mol. The molecule has 2 aliphatic carbocycles. The van der Waals surface area contributed by atoms with Crippen LogP contribution < -0.4 is 0 Å². The molecule has 0 fully saturated rings. The number of aryl methyl sites for hydroxylation is 2. The molecule has 0 radical (unpaired) electrons. The fourth-order valence-electron chi connectivity index (χ4n) is 8.77. The van der Waals surface area contributed by atoms with E-state index >= 15 is 0 Å². The van der Waals surface area contributed by atoms with Crippen LogP contribution >= 0.6 is 0 Å². The van der Waals surface area contributed by atoms with Crippen LogP contribution in [0.2, 0.25) is 13.1 Å². The predicted molar refractivity (Wildman–Crippen MR) is 215 cm³/mol. The minimum atomic E-state index is -2.47. The van der Waals surface area contributed by atoms with Crippen molar-refractivity contribution >= 4 is 29.2 Å². The van der Waals surface area contributed by atoms with Gasteiger partial charge in [-0.3, -0.25) is 0 Å². The zero-order valence-corrected chi connectivity index (χ0v) is 33.3. The maximum atomic E-state index is 2.68. The number of benzene rings is 6. The first-order valence-electron chi connectivity index (χ1n) is 18.4. The molecule has 0 amide bonds. The number of rotatable bonds is 9. The topological polar surface area (TPSA) is 0 Å². The van der Waals surface area contributed by atoms with Crippen molar-refractivity contribution in [2.24, 2.45) is 0 Å². The Balaban J connectivity index is 1.37. The van der Waals surface area contributed by atoms with E-state index in [1.165, 1.54) is 55.6 Å². The van der Waals surface area contributed by atoms with Crippen LogP contribution in [-0.4, -0.2) is 5.92 Å². The van der Waals surface area contributed by atoms with Gasteiger partial charge in [0, 0.05) is 0 Å². The van der Waals surface area contributed by atoms with Crippen LogP contribution in [0.15, 0.2) is 146 Å². The van der Waals surface area contributed by atoms with E-state index in [0.29, 0.717) is 7.25 Å². The van der Waals surface area contributed by atoms with Crippen molar-refractivity contribution in [3.8, 4) is 22.3 Å². The summed E-state index contributed by atoms with van der Waals surface area (Å²) >= 11 is -2.47. The molecule has 2 aliphatic rings. The Morgan fingerprint density at radius 1 is 0.440 bits per heavy atom. The van der Waals surface area contributed by atoms with Gasteiger partial charge in [-0.1, -0.05) is 0 Å². The summed E-state index contributed by atoms with van der Waals surface area (Å²) in [7, 11) is 0. The van der Waals surface area contributed by atoms with Gasteiger partial charge >= 0.3 is 310 Å². The summed E-state index contributed by atoms with van der Waals surface area (Å²) in [6, 6.07) is 55.3. The van der Waals surface area contributed by atoms with Gasteiger partial charge in [0.1, 0.15) is 0 Å². The van der Waals surface area contributed by atoms with Crippen molar-refractivity contribution in [2.45, 2.75) is 47.0 Å². The molecule has 50 heavy (non-hydrogen) atoms. The zero-order valence-electron chi connectivity index (χ0n) is 29.7. The first-order chi connectivity index (χ1) is 24.6. The third kappa shape index (κ3) is 5.81. The Labute approximate surface area is 307 Å². The second kappa shape index (κ2) is 14.3. The van der Waals surface area contributed by atoms with Crippen molar-refractivity contribution in [1.29, 1.82) is 0 Å². The number of allylic oxidation sites excluding steroid dienone is 2. The molecular formula is C48H45SiZr. The van der Waals surface area contributed by atoms with Crippen LogP contribution in [0.5, 0.6) is 0 Å². The number of hydrogen-bond donors (Lipinski definition) is 0. The summed E-state index contributed by atoms with van der Waals surface area (Å²) in [4.78, 5) is 0. The molecule has 0 N–H and O–H groups in total. The van der Waals surface area contributed by atoms with Gasteiger partial charge in [0.05, 0.1) is 0 Å². The van der Waals surface area contributed by atoms with Crippen LogP contribution in [0.25, 0.3) is 45.6 Å². The predicted octanol–water partition coefficient (Wildman–Crippen LogP) is 12.6. The summed E-state index contributed by atoms with van der Waals surface area (Å²) in [6.07, 6.45) is 7.30. The summed E-state index contributed by atoms with van der Waals surface area (Å²) in [5, 5.41) is 0. The van der Waals surface area contributed by atoms with Crippen molar-refractivity contribution in [2.75, 3.05) is 0 Å². The molecule has 6 aromatic carbocycles. The quantitative estimate of drug-likeness (QED) is 0.130. The molecule has 0 spiro atoms. The second-order valence-electron chi connectivity index (χ2n) is 14.1. The Hall–Kier alpha value is -4.10. The Bertz CT molecular complexity index is 2070. The molecule has 0 nitrogen and oxygen atoms in total. The van der Waals surface area contributed by atoms with E-state index in [1.807, 2.05) is 0 Å². The molecular weight excluding hydrogens is 696 g/mol. The maximum absolute atomic E-state index is 2.68. The minimum absolute atomic E-state index is 0.491. The molecule has 2 heteroatoms. The van der Waals surface area contributed by atoms with Crippen molar-refractivity contribution in [3.63, 3.8) is 0 Å². The molecule has 0 aliphatic heterocycles. The molecule has 6 aromatic rings. The third-order valence-corrected chi connectivity index (χ3v) is 32.5. The van der Waals surface area contributed by atoms with Gasteiger partial charge in [-0.15, -0.1) is 0 Å². The second-order valence-corrected chi connectivity index (χ2v) is 34.2. The summed E-state index contributed by atoms with van der Waals surface area (Å²) in [5.74, 6) is -1.13. The van der Waals surface area contributed by atoms with Gasteiger partial charge in [0.25, 0.3) is 0 Å². The van der Waals surface area contributed by atoms with Gasteiger partial charge in [-0.2, -0.15) is 0 Å². The van der Waals surface area contributed by atoms with Crippen molar-refractivity contribution in [1.82, 2.24) is 0 Å². The normalized spacial score (nSPS) is 16.2. The van der Waals surface area contributed by atoms with Gasteiger partial charge in [-0.25, -0.2) is 0 Å². The fourth-order valence-corrected chi connectivity index (χ4v) is 31.0. The standard InChI is InChI=1S/2C23H19.C2H7Si.Zr/c2*1-2-17-9-6-7-13-21(17)22-14-8-12-19-15-20(16-23(19)22)18-10-4-3-5-11-18;1-3-2;/h2*3-16H,2H2,1H3;3H,1-2H3;. The Morgan fingerprint density at radius 2 is 0.820 bits per heavy atom. The van der Waals surface area contributed by atoms with E-state index in [4.69, 9.17) is 0 Å². The van der Waals surface area contributed by atoms with E-state index in [-0.39, 0.29) is 0 Å². The molecule has 0 aromatic heterocycles. The average molecular weight is 741 g/mol. The number of fused-ring (bicyclic) bond motifs is 2. The molecule has 2 atom stereocenters. The van der Waals surface area contributed by atoms with Crippen LogP contribution in [0, 0.1) is 0 Å². The number of hydrogen-bond acceptors (Lipinski definition) is 0. The first kappa shape index (κ1) is 33.1. The molecule has 8 rings (SSSR count). The summed E-state index contributed by atoms with van der Waals surface area (Å²) in [5.41, 5.74) is 20.4. The fraction of sp³-hybridized carbons (Fsp3) is 0.167. The van der Waals surface area contributed by atoms with E-state index in [0.717, 1.165) is 12.8 Å². The third-order valence-electron chi connectivity index (χ3n) is 11.0. The van der Waals surface area contributed by atoms with Gasteiger partial charge in [0.2, 0.25) is 0 Å². The van der Waals surface area contributed by atoms with E-state index in [1.54, 1.807) is 22.3 Å². The Kier molecular flexibility index (Phi) is 9.43. The summed E-state index contributed by atoms with van der Waals surface area (Å²) < 4.78 is 0.981. The van der Waals surface area contributed by atoms with Gasteiger partial charge < -0.3 is 0 Å². The van der Waals surface area contributed by atoms with Crippen LogP contribution in [0.4, 0.5) is 0 Å². The van der Waals surface area contributed by atoms with E-state index in [9.17, 15) is 0 Å². The molecule has 0 saturated heterocycles. The first-order valence-corrected chi connectivity index (χ1v) is 28.4. The molecule has 0 bridgehead atoms. The average Bonchev–Trinajstić information content (AvgIpc) is 3.75. The SMILES string of the molecule is CCc1ccccc1-c1cccc2c1C=C(c1ccccc1)[CH]2[Zr]([CH]1C(c2ccccc2)=Cc2c(-c3ccccc3CC)cccc21)[SiH](C)C.